The molecule has 118 valence electrons. The van der Waals surface area contributed by atoms with Crippen LogP contribution in [-0.2, 0) is 0 Å². The van der Waals surface area contributed by atoms with Crippen molar-refractivity contribution in [2.75, 3.05) is 0 Å². The van der Waals surface area contributed by atoms with Crippen molar-refractivity contribution in [1.82, 2.24) is 19.6 Å². The normalized spacial score (nSPS) is 11.1. The SMILES string of the molecule is Cc1[nH]n2c(=O)cc(-c3cnccn3)cc2c1-c1ccc(Cl)cc1. The average molecular weight is 337 g/mol. The molecule has 4 rings (SSSR count). The van der Waals surface area contributed by atoms with E-state index in [2.05, 4.69) is 15.1 Å². The van der Waals surface area contributed by atoms with Crippen LogP contribution in [0.3, 0.4) is 0 Å². The Morgan fingerprint density at radius 1 is 1.08 bits per heavy atom. The molecule has 24 heavy (non-hydrogen) atoms. The Balaban J connectivity index is 2.01. The van der Waals surface area contributed by atoms with Gasteiger partial charge < -0.3 is 0 Å². The molecule has 4 aromatic rings. The molecule has 6 heteroatoms. The molecule has 0 aliphatic heterocycles. The summed E-state index contributed by atoms with van der Waals surface area (Å²) < 4.78 is 1.54. The van der Waals surface area contributed by atoms with Gasteiger partial charge in [-0.25, -0.2) is 4.52 Å². The van der Waals surface area contributed by atoms with E-state index < -0.39 is 0 Å². The van der Waals surface area contributed by atoms with E-state index in [0.717, 1.165) is 27.9 Å². The van der Waals surface area contributed by atoms with Gasteiger partial charge in [-0.2, -0.15) is 0 Å². The van der Waals surface area contributed by atoms with Gasteiger partial charge in [0.2, 0.25) is 0 Å². The van der Waals surface area contributed by atoms with E-state index in [9.17, 15) is 4.79 Å². The number of rotatable bonds is 2. The van der Waals surface area contributed by atoms with Crippen molar-refractivity contribution in [3.05, 3.63) is 76.1 Å². The van der Waals surface area contributed by atoms with E-state index >= 15 is 0 Å². The molecule has 0 saturated carbocycles. The van der Waals surface area contributed by atoms with Gasteiger partial charge in [-0.3, -0.25) is 19.9 Å². The second-order valence-corrected chi connectivity index (χ2v) is 5.95. The third kappa shape index (κ3) is 2.39. The van der Waals surface area contributed by atoms with Crippen LogP contribution in [0.2, 0.25) is 5.02 Å². The standard InChI is InChI=1S/C18H13ClN4O/c1-11-18(12-2-4-14(19)5-3-12)16-8-13(9-17(24)23(16)22-11)15-10-20-6-7-21-15/h2-10,22H,1H3. The van der Waals surface area contributed by atoms with Crippen LogP contribution in [0.5, 0.6) is 0 Å². The van der Waals surface area contributed by atoms with Gasteiger partial charge in [0, 0.05) is 40.3 Å². The number of hydrogen-bond acceptors (Lipinski definition) is 3. The van der Waals surface area contributed by atoms with E-state index in [1.807, 2.05) is 37.3 Å². The summed E-state index contributed by atoms with van der Waals surface area (Å²) >= 11 is 5.98. The number of hydrogen-bond donors (Lipinski definition) is 1. The Labute approximate surface area is 142 Å². The number of H-pyrrole nitrogens is 1. The molecule has 0 unspecified atom stereocenters. The van der Waals surface area contributed by atoms with Crippen LogP contribution >= 0.6 is 11.6 Å². The van der Waals surface area contributed by atoms with Crippen molar-refractivity contribution >= 4 is 17.1 Å². The third-order valence-corrected chi connectivity index (χ3v) is 4.19. The minimum absolute atomic E-state index is 0.142. The predicted molar refractivity (Wildman–Crippen MR) is 94.2 cm³/mol. The molecule has 0 radical (unpaired) electrons. The van der Waals surface area contributed by atoms with Crippen molar-refractivity contribution in [1.29, 1.82) is 0 Å². The zero-order chi connectivity index (χ0) is 16.7. The van der Waals surface area contributed by atoms with E-state index in [-0.39, 0.29) is 5.56 Å². The third-order valence-electron chi connectivity index (χ3n) is 3.93. The topological polar surface area (TPSA) is 63.0 Å². The Morgan fingerprint density at radius 3 is 2.58 bits per heavy atom. The Bertz CT molecular complexity index is 1080. The van der Waals surface area contributed by atoms with Crippen molar-refractivity contribution < 1.29 is 0 Å². The predicted octanol–water partition coefficient (Wildman–Crippen LogP) is 3.71. The van der Waals surface area contributed by atoms with Crippen LogP contribution in [-0.4, -0.2) is 19.6 Å². The van der Waals surface area contributed by atoms with E-state index in [4.69, 9.17) is 11.6 Å². The van der Waals surface area contributed by atoms with E-state index in [1.165, 1.54) is 0 Å². The van der Waals surface area contributed by atoms with Crippen LogP contribution < -0.4 is 5.56 Å². The van der Waals surface area contributed by atoms with Gasteiger partial charge in [0.25, 0.3) is 5.56 Å². The molecule has 0 amide bonds. The number of pyridine rings is 1. The minimum Gasteiger partial charge on any atom is -0.295 e. The molecule has 0 aliphatic rings. The van der Waals surface area contributed by atoms with Gasteiger partial charge in [0.15, 0.2) is 0 Å². The monoisotopic (exact) mass is 336 g/mol. The average Bonchev–Trinajstić information content (AvgIpc) is 2.93. The first-order valence-corrected chi connectivity index (χ1v) is 7.79. The van der Waals surface area contributed by atoms with E-state index in [1.54, 1.807) is 29.2 Å². The first-order chi connectivity index (χ1) is 11.6. The number of aromatic nitrogens is 4. The van der Waals surface area contributed by atoms with Gasteiger partial charge in [0.05, 0.1) is 17.4 Å². The highest BCUT2D eigenvalue weighted by molar-refractivity contribution is 6.30. The first kappa shape index (κ1) is 14.7. The molecule has 0 aliphatic carbocycles. The van der Waals surface area contributed by atoms with Crippen molar-refractivity contribution in [3.63, 3.8) is 0 Å². The fraction of sp³-hybridized carbons (Fsp3) is 0.0556. The molecule has 0 saturated heterocycles. The summed E-state index contributed by atoms with van der Waals surface area (Å²) in [6, 6.07) is 11.1. The Kier molecular flexibility index (Phi) is 3.43. The van der Waals surface area contributed by atoms with Crippen molar-refractivity contribution in [3.8, 4) is 22.4 Å². The summed E-state index contributed by atoms with van der Waals surface area (Å²) in [5.41, 5.74) is 4.92. The summed E-state index contributed by atoms with van der Waals surface area (Å²) in [4.78, 5) is 20.8. The molecule has 5 nitrogen and oxygen atoms in total. The van der Waals surface area contributed by atoms with Gasteiger partial charge in [-0.1, -0.05) is 23.7 Å². The van der Waals surface area contributed by atoms with Crippen LogP contribution in [0.1, 0.15) is 5.69 Å². The second-order valence-electron chi connectivity index (χ2n) is 5.51. The maximum absolute atomic E-state index is 12.5. The lowest BCUT2D eigenvalue weighted by Crippen LogP contribution is -2.12. The highest BCUT2D eigenvalue weighted by atomic mass is 35.5. The number of benzene rings is 1. The number of nitrogens with zero attached hydrogens (tertiary/aromatic N) is 3. The van der Waals surface area contributed by atoms with Crippen LogP contribution in [0.4, 0.5) is 0 Å². The van der Waals surface area contributed by atoms with Gasteiger partial charge >= 0.3 is 0 Å². The number of nitrogens with one attached hydrogen (secondary N) is 1. The summed E-state index contributed by atoms with van der Waals surface area (Å²) in [6.45, 7) is 1.94. The zero-order valence-electron chi connectivity index (χ0n) is 12.8. The smallest absolute Gasteiger partial charge is 0.270 e. The molecule has 1 aromatic carbocycles. The number of aromatic amines is 1. The molecule has 0 bridgehead atoms. The summed E-state index contributed by atoms with van der Waals surface area (Å²) in [6.07, 6.45) is 4.86. The molecular formula is C18H13ClN4O. The molecule has 3 heterocycles. The van der Waals surface area contributed by atoms with Gasteiger partial charge in [-0.15, -0.1) is 0 Å². The summed E-state index contributed by atoms with van der Waals surface area (Å²) in [5.74, 6) is 0. The number of halogens is 1. The molecule has 1 N–H and O–H groups in total. The number of fused-ring (bicyclic) bond motifs is 1. The molecule has 0 atom stereocenters. The largest absolute Gasteiger partial charge is 0.295 e. The lowest BCUT2D eigenvalue weighted by Gasteiger charge is -2.04. The number of aryl methyl sites for hydroxylation is 1. The minimum atomic E-state index is -0.142. The maximum atomic E-state index is 12.5. The van der Waals surface area contributed by atoms with E-state index in [0.29, 0.717) is 10.7 Å². The van der Waals surface area contributed by atoms with Crippen molar-refractivity contribution in [2.24, 2.45) is 0 Å². The van der Waals surface area contributed by atoms with Crippen LogP contribution in [0.15, 0.2) is 59.8 Å². The summed E-state index contributed by atoms with van der Waals surface area (Å²) in [7, 11) is 0. The van der Waals surface area contributed by atoms with Crippen LogP contribution in [0.25, 0.3) is 27.9 Å². The molecular weight excluding hydrogens is 324 g/mol. The highest BCUT2D eigenvalue weighted by Crippen LogP contribution is 2.30. The van der Waals surface area contributed by atoms with Gasteiger partial charge in [0.1, 0.15) is 0 Å². The Morgan fingerprint density at radius 2 is 1.88 bits per heavy atom. The molecule has 3 aromatic heterocycles. The van der Waals surface area contributed by atoms with Gasteiger partial charge in [-0.05, 0) is 30.7 Å². The summed E-state index contributed by atoms with van der Waals surface area (Å²) in [5, 5.41) is 3.80. The molecule has 0 spiro atoms. The lowest BCUT2D eigenvalue weighted by atomic mass is 10.0. The second kappa shape index (κ2) is 5.62. The van der Waals surface area contributed by atoms with Crippen molar-refractivity contribution in [2.45, 2.75) is 6.92 Å². The van der Waals surface area contributed by atoms with Crippen LogP contribution in [0, 0.1) is 6.92 Å². The fourth-order valence-electron chi connectivity index (χ4n) is 2.86. The first-order valence-electron chi connectivity index (χ1n) is 7.41. The lowest BCUT2D eigenvalue weighted by molar-refractivity contribution is 0.898. The maximum Gasteiger partial charge on any atom is 0.270 e. The highest BCUT2D eigenvalue weighted by Gasteiger charge is 2.14. The fourth-order valence-corrected chi connectivity index (χ4v) is 2.99. The molecule has 0 fully saturated rings. The zero-order valence-corrected chi connectivity index (χ0v) is 13.6. The quantitative estimate of drug-likeness (QED) is 0.607. The Hall–Kier alpha value is -2.92.